The Morgan fingerprint density at radius 1 is 0.919 bits per heavy atom. The molecule has 2 heterocycles. The predicted molar refractivity (Wildman–Crippen MR) is 145 cm³/mol. The number of hydrogen-bond acceptors (Lipinski definition) is 4. The third kappa shape index (κ3) is 4.86. The molecule has 0 unspecified atom stereocenters. The van der Waals surface area contributed by atoms with E-state index in [1.165, 1.54) is 0 Å². The number of fused-ring (bicyclic) bond motifs is 1. The molecule has 3 aromatic carbocycles. The number of rotatable bonds is 6. The number of halogens is 1. The Labute approximate surface area is 219 Å². The molecule has 0 N–H and O–H groups in total. The maximum absolute atomic E-state index is 14.7. The van der Waals surface area contributed by atoms with E-state index in [0.717, 1.165) is 36.1 Å². The molecule has 196 valence electrons. The van der Waals surface area contributed by atoms with E-state index in [1.54, 1.807) is 42.6 Å². The molecule has 0 aliphatic carbocycles. The minimum atomic E-state index is -3.61. The summed E-state index contributed by atoms with van der Waals surface area (Å²) in [5.41, 5.74) is 3.96. The van der Waals surface area contributed by atoms with E-state index in [-0.39, 0.29) is 23.8 Å². The molecule has 5 rings (SSSR count). The normalized spacial score (nSPS) is 23.1. The van der Waals surface area contributed by atoms with Crippen LogP contribution in [0.1, 0.15) is 35.4 Å². The lowest BCUT2D eigenvalue weighted by Gasteiger charge is -2.57. The number of hydrogen-bond donors (Lipinski definition) is 0. The molecule has 37 heavy (non-hydrogen) atoms. The Hall–Kier alpha value is -2.58. The van der Waals surface area contributed by atoms with Gasteiger partial charge in [0, 0.05) is 43.8 Å². The van der Waals surface area contributed by atoms with Gasteiger partial charge < -0.3 is 4.74 Å². The summed E-state index contributed by atoms with van der Waals surface area (Å²) in [5, 5.41) is 0. The third-order valence-electron chi connectivity index (χ3n) is 7.99. The van der Waals surface area contributed by atoms with Crippen molar-refractivity contribution in [3.63, 3.8) is 0 Å². The second-order valence-corrected chi connectivity index (χ2v) is 12.2. The highest BCUT2D eigenvalue weighted by Gasteiger charge is 2.50. The van der Waals surface area contributed by atoms with Gasteiger partial charge in [-0.15, -0.1) is 0 Å². The van der Waals surface area contributed by atoms with Crippen LogP contribution in [-0.2, 0) is 14.8 Å². The first-order valence-electron chi connectivity index (χ1n) is 13.0. The second-order valence-electron chi connectivity index (χ2n) is 10.2. The van der Waals surface area contributed by atoms with E-state index in [2.05, 4.69) is 17.0 Å². The summed E-state index contributed by atoms with van der Waals surface area (Å²) in [5.74, 6) is -0.0663. The number of aryl methyl sites for hydroxylation is 2. The maximum atomic E-state index is 14.7. The fourth-order valence-electron chi connectivity index (χ4n) is 6.02. The van der Waals surface area contributed by atoms with Crippen molar-refractivity contribution >= 4 is 10.0 Å². The van der Waals surface area contributed by atoms with Crippen LogP contribution in [-0.4, -0.2) is 63.1 Å². The van der Waals surface area contributed by atoms with Gasteiger partial charge in [-0.25, -0.2) is 12.8 Å². The van der Waals surface area contributed by atoms with Crippen LogP contribution in [0.2, 0.25) is 0 Å². The monoisotopic (exact) mass is 522 g/mol. The Morgan fingerprint density at radius 3 is 2.35 bits per heavy atom. The number of nitrogens with zero attached hydrogens (tertiary/aromatic N) is 2. The molecular formula is C30H35FN2O3S. The molecule has 3 aromatic rings. The van der Waals surface area contributed by atoms with Crippen LogP contribution >= 0.6 is 0 Å². The van der Waals surface area contributed by atoms with Gasteiger partial charge in [-0.3, -0.25) is 4.90 Å². The summed E-state index contributed by atoms with van der Waals surface area (Å²) in [6.07, 6.45) is 1.77. The van der Waals surface area contributed by atoms with Gasteiger partial charge in [0.1, 0.15) is 5.82 Å². The molecule has 0 spiro atoms. The fourth-order valence-corrected chi connectivity index (χ4v) is 7.74. The van der Waals surface area contributed by atoms with Gasteiger partial charge in [0.2, 0.25) is 10.0 Å². The number of benzene rings is 3. The summed E-state index contributed by atoms with van der Waals surface area (Å²) < 4.78 is 49.4. The Bertz CT molecular complexity index is 1360. The van der Waals surface area contributed by atoms with Gasteiger partial charge in [-0.05, 0) is 61.6 Å². The van der Waals surface area contributed by atoms with E-state index < -0.39 is 10.0 Å². The SMILES string of the molecule is COC[C@@H]1[C@@H](c2ccc(-c3cccc(C)c3F)cc2)[C@@H]2CN(S(=O)(=O)c3ccccc3C)CCCCN12. The minimum absolute atomic E-state index is 0.0563. The Balaban J connectivity index is 1.46. The van der Waals surface area contributed by atoms with E-state index in [1.807, 2.05) is 37.3 Å². The second kappa shape index (κ2) is 10.7. The average Bonchev–Trinajstić information content (AvgIpc) is 2.87. The first-order valence-corrected chi connectivity index (χ1v) is 14.4. The number of methoxy groups -OCH3 is 1. The Kier molecular flexibility index (Phi) is 7.50. The zero-order valence-electron chi connectivity index (χ0n) is 21.7. The lowest BCUT2D eigenvalue weighted by molar-refractivity contribution is -0.0635. The van der Waals surface area contributed by atoms with Crippen LogP contribution in [0.3, 0.4) is 0 Å². The quantitative estimate of drug-likeness (QED) is 0.436. The molecule has 0 bridgehead atoms. The summed E-state index contributed by atoms with van der Waals surface area (Å²) in [4.78, 5) is 2.80. The van der Waals surface area contributed by atoms with Crippen molar-refractivity contribution in [1.29, 1.82) is 0 Å². The van der Waals surface area contributed by atoms with E-state index in [9.17, 15) is 12.8 Å². The molecule has 2 aliphatic rings. The number of ether oxygens (including phenoxy) is 1. The van der Waals surface area contributed by atoms with Crippen molar-refractivity contribution in [2.45, 2.75) is 49.6 Å². The van der Waals surface area contributed by atoms with Crippen LogP contribution in [0.15, 0.2) is 71.6 Å². The van der Waals surface area contributed by atoms with Gasteiger partial charge in [0.15, 0.2) is 0 Å². The summed E-state index contributed by atoms with van der Waals surface area (Å²) in [6.45, 7) is 6.10. The molecular weight excluding hydrogens is 487 g/mol. The average molecular weight is 523 g/mol. The Morgan fingerprint density at radius 2 is 1.62 bits per heavy atom. The van der Waals surface area contributed by atoms with Crippen molar-refractivity contribution < 1.29 is 17.5 Å². The van der Waals surface area contributed by atoms with Gasteiger partial charge in [-0.2, -0.15) is 4.31 Å². The third-order valence-corrected chi connectivity index (χ3v) is 10.0. The highest BCUT2D eigenvalue weighted by atomic mass is 32.2. The molecule has 2 aliphatic heterocycles. The molecule has 7 heteroatoms. The molecule has 2 saturated heterocycles. The van der Waals surface area contributed by atoms with Crippen molar-refractivity contribution in [3.8, 4) is 11.1 Å². The van der Waals surface area contributed by atoms with Crippen molar-refractivity contribution in [1.82, 2.24) is 9.21 Å². The van der Waals surface area contributed by atoms with E-state index in [0.29, 0.717) is 35.7 Å². The highest BCUT2D eigenvalue weighted by molar-refractivity contribution is 7.89. The first kappa shape index (κ1) is 26.0. The van der Waals surface area contributed by atoms with Gasteiger partial charge >= 0.3 is 0 Å². The van der Waals surface area contributed by atoms with Crippen molar-refractivity contribution in [2.24, 2.45) is 0 Å². The predicted octanol–water partition coefficient (Wildman–Crippen LogP) is 5.38. The van der Waals surface area contributed by atoms with Crippen LogP contribution in [0.5, 0.6) is 0 Å². The molecule has 0 saturated carbocycles. The largest absolute Gasteiger partial charge is 0.383 e. The van der Waals surface area contributed by atoms with Crippen molar-refractivity contribution in [3.05, 3.63) is 89.2 Å². The van der Waals surface area contributed by atoms with Crippen LogP contribution in [0.25, 0.3) is 11.1 Å². The lowest BCUT2D eigenvalue weighted by atomic mass is 9.74. The summed E-state index contributed by atoms with van der Waals surface area (Å²) in [7, 11) is -1.89. The van der Waals surface area contributed by atoms with Gasteiger partial charge in [0.05, 0.1) is 11.5 Å². The molecule has 3 atom stereocenters. The number of sulfonamides is 1. The summed E-state index contributed by atoms with van der Waals surface area (Å²) in [6, 6.07) is 21.0. The van der Waals surface area contributed by atoms with Crippen LogP contribution in [0, 0.1) is 19.7 Å². The molecule has 0 radical (unpaired) electrons. The molecule has 5 nitrogen and oxygen atoms in total. The lowest BCUT2D eigenvalue weighted by Crippen LogP contribution is -2.68. The fraction of sp³-hybridized carbons (Fsp3) is 0.400. The van der Waals surface area contributed by atoms with Crippen LogP contribution in [0.4, 0.5) is 4.39 Å². The maximum Gasteiger partial charge on any atom is 0.243 e. The zero-order valence-corrected chi connectivity index (χ0v) is 22.5. The van der Waals surface area contributed by atoms with Gasteiger partial charge in [0.25, 0.3) is 0 Å². The first-order chi connectivity index (χ1) is 17.8. The molecule has 0 amide bonds. The summed E-state index contributed by atoms with van der Waals surface area (Å²) >= 11 is 0. The van der Waals surface area contributed by atoms with Gasteiger partial charge in [-0.1, -0.05) is 60.7 Å². The molecule has 0 aromatic heterocycles. The van der Waals surface area contributed by atoms with Crippen LogP contribution < -0.4 is 0 Å². The topological polar surface area (TPSA) is 49.9 Å². The smallest absolute Gasteiger partial charge is 0.243 e. The standard InChI is InChI=1S/C30H35FN2O3S/c1-21-9-4-5-12-28(21)37(34,35)32-17-6-7-18-33-26(19-32)29(27(33)20-36-3)24-15-13-23(14-16-24)25-11-8-10-22(2)30(25)31/h4-5,8-16,26-27,29H,6-7,17-20H2,1-3H3/t26-,27+,29-/m0/s1. The molecule has 2 fully saturated rings. The minimum Gasteiger partial charge on any atom is -0.383 e. The van der Waals surface area contributed by atoms with E-state index in [4.69, 9.17) is 4.74 Å². The van der Waals surface area contributed by atoms with E-state index >= 15 is 0 Å². The highest BCUT2D eigenvalue weighted by Crippen LogP contribution is 2.43. The zero-order chi connectivity index (χ0) is 26.2. The van der Waals surface area contributed by atoms with Crippen molar-refractivity contribution in [2.75, 3.05) is 33.4 Å².